The minimum absolute atomic E-state index is 0.000629. The molecule has 1 saturated heterocycles. The molecule has 2 atom stereocenters. The molecule has 1 N–H and O–H groups in total. The second-order valence-electron chi connectivity index (χ2n) is 5.01. The number of hydrogen-bond donors (Lipinski definition) is 1. The van der Waals surface area contributed by atoms with Crippen molar-refractivity contribution in [2.24, 2.45) is 0 Å². The van der Waals surface area contributed by atoms with E-state index in [0.29, 0.717) is 12.4 Å². The van der Waals surface area contributed by atoms with Gasteiger partial charge in [0, 0.05) is 37.6 Å². The molecule has 1 amide bonds. The summed E-state index contributed by atoms with van der Waals surface area (Å²) in [5.74, 6) is 0.448. The van der Waals surface area contributed by atoms with Gasteiger partial charge in [-0.1, -0.05) is 30.3 Å². The van der Waals surface area contributed by atoms with E-state index in [1.54, 1.807) is 0 Å². The summed E-state index contributed by atoms with van der Waals surface area (Å²) in [5, 5.41) is 9.16. The fourth-order valence-electron chi connectivity index (χ4n) is 2.53. The van der Waals surface area contributed by atoms with Crippen LogP contribution < -0.4 is 0 Å². The van der Waals surface area contributed by atoms with E-state index in [1.807, 2.05) is 25.1 Å². The van der Waals surface area contributed by atoms with Crippen molar-refractivity contribution in [3.63, 3.8) is 0 Å². The van der Waals surface area contributed by atoms with Crippen LogP contribution in [-0.2, 0) is 6.54 Å². The predicted molar refractivity (Wildman–Crippen MR) is 75.6 cm³/mol. The lowest BCUT2D eigenvalue weighted by Gasteiger charge is -2.43. The normalized spacial score (nSPS) is 24.4. The molecule has 1 fully saturated rings. The number of hydrogen-bond acceptors (Lipinski definition) is 2. The molecule has 0 unspecified atom stereocenters. The van der Waals surface area contributed by atoms with E-state index < -0.39 is 6.09 Å². The lowest BCUT2D eigenvalue weighted by molar-refractivity contribution is 0.0409. The first-order valence-corrected chi connectivity index (χ1v) is 6.98. The predicted octanol–water partition coefficient (Wildman–Crippen LogP) is 2.48. The molecular formula is C14H19ClN2O2. The Hall–Kier alpha value is -1.26. The third-order valence-electron chi connectivity index (χ3n) is 3.61. The summed E-state index contributed by atoms with van der Waals surface area (Å²) in [6.07, 6.45) is -0.859. The maximum atomic E-state index is 11.2. The number of benzene rings is 1. The van der Waals surface area contributed by atoms with Crippen molar-refractivity contribution in [1.29, 1.82) is 0 Å². The molecule has 104 valence electrons. The molecule has 4 nitrogen and oxygen atoms in total. The second kappa shape index (κ2) is 6.26. The monoisotopic (exact) mass is 282 g/mol. The van der Waals surface area contributed by atoms with Crippen LogP contribution >= 0.6 is 11.6 Å². The Morgan fingerprint density at radius 2 is 2.05 bits per heavy atom. The third kappa shape index (κ3) is 3.39. The van der Waals surface area contributed by atoms with Crippen molar-refractivity contribution in [2.45, 2.75) is 25.6 Å². The molecule has 1 aromatic rings. The topological polar surface area (TPSA) is 43.8 Å². The largest absolute Gasteiger partial charge is 0.465 e. The van der Waals surface area contributed by atoms with Crippen molar-refractivity contribution in [2.75, 3.05) is 19.0 Å². The molecule has 0 saturated carbocycles. The van der Waals surface area contributed by atoms with E-state index in [0.717, 1.165) is 13.1 Å². The van der Waals surface area contributed by atoms with Crippen LogP contribution in [0.1, 0.15) is 12.5 Å². The summed E-state index contributed by atoms with van der Waals surface area (Å²) < 4.78 is 0. The highest BCUT2D eigenvalue weighted by molar-refractivity contribution is 6.18. The Bertz CT molecular complexity index is 427. The lowest BCUT2D eigenvalue weighted by Crippen LogP contribution is -2.58. The van der Waals surface area contributed by atoms with E-state index in [9.17, 15) is 4.79 Å². The van der Waals surface area contributed by atoms with Gasteiger partial charge in [-0.25, -0.2) is 4.79 Å². The fourth-order valence-corrected chi connectivity index (χ4v) is 2.83. The first-order chi connectivity index (χ1) is 9.11. The molecule has 1 aliphatic rings. The fraction of sp³-hybridized carbons (Fsp3) is 0.500. The van der Waals surface area contributed by atoms with E-state index >= 15 is 0 Å². The number of halogens is 1. The van der Waals surface area contributed by atoms with E-state index in [2.05, 4.69) is 17.0 Å². The Kier molecular flexibility index (Phi) is 4.66. The van der Waals surface area contributed by atoms with E-state index in [1.165, 1.54) is 10.5 Å². The molecule has 19 heavy (non-hydrogen) atoms. The Balaban J connectivity index is 2.06. The van der Waals surface area contributed by atoms with Crippen LogP contribution in [0.25, 0.3) is 0 Å². The van der Waals surface area contributed by atoms with Gasteiger partial charge in [0.25, 0.3) is 0 Å². The van der Waals surface area contributed by atoms with Crippen LogP contribution in [0.15, 0.2) is 30.3 Å². The number of piperazine rings is 1. The number of rotatable bonds is 3. The number of carboxylic acid groups (broad SMARTS) is 1. The third-order valence-corrected chi connectivity index (χ3v) is 3.96. The van der Waals surface area contributed by atoms with Gasteiger partial charge in [-0.05, 0) is 12.5 Å². The Morgan fingerprint density at radius 3 is 2.63 bits per heavy atom. The minimum atomic E-state index is -0.859. The summed E-state index contributed by atoms with van der Waals surface area (Å²) >= 11 is 6.00. The number of amides is 1. The van der Waals surface area contributed by atoms with Crippen molar-refractivity contribution >= 4 is 17.7 Å². The van der Waals surface area contributed by atoms with Gasteiger partial charge in [-0.3, -0.25) is 4.90 Å². The summed E-state index contributed by atoms with van der Waals surface area (Å²) in [6.45, 7) is 3.96. The standard InChI is InChI=1S/C14H19ClN2O2/c1-11-8-16(9-12-5-3-2-4-6-12)13(7-15)10-17(11)14(18)19/h2-6,11,13H,7-10H2,1H3,(H,18,19)/t11-,13+/m1/s1. The molecule has 2 rings (SSSR count). The van der Waals surface area contributed by atoms with Crippen molar-refractivity contribution in [3.8, 4) is 0 Å². The molecule has 0 radical (unpaired) electrons. The highest BCUT2D eigenvalue weighted by Crippen LogP contribution is 2.19. The van der Waals surface area contributed by atoms with Gasteiger partial charge >= 0.3 is 6.09 Å². The van der Waals surface area contributed by atoms with Gasteiger partial charge in [0.05, 0.1) is 0 Å². The van der Waals surface area contributed by atoms with Gasteiger partial charge < -0.3 is 10.0 Å². The molecule has 1 aliphatic heterocycles. The van der Waals surface area contributed by atoms with E-state index in [-0.39, 0.29) is 12.1 Å². The minimum Gasteiger partial charge on any atom is -0.465 e. The maximum absolute atomic E-state index is 11.2. The van der Waals surface area contributed by atoms with Crippen LogP contribution in [-0.4, -0.2) is 52.1 Å². The van der Waals surface area contributed by atoms with Crippen LogP contribution in [0.2, 0.25) is 0 Å². The zero-order chi connectivity index (χ0) is 13.8. The van der Waals surface area contributed by atoms with Gasteiger partial charge in [0.2, 0.25) is 0 Å². The van der Waals surface area contributed by atoms with Crippen molar-refractivity contribution in [3.05, 3.63) is 35.9 Å². The molecule has 1 aromatic carbocycles. The summed E-state index contributed by atoms with van der Waals surface area (Å²) in [6, 6.07) is 10.3. The van der Waals surface area contributed by atoms with Gasteiger partial charge in [0.1, 0.15) is 0 Å². The molecule has 0 spiro atoms. The molecular weight excluding hydrogens is 264 g/mol. The highest BCUT2D eigenvalue weighted by atomic mass is 35.5. The van der Waals surface area contributed by atoms with Crippen molar-refractivity contribution in [1.82, 2.24) is 9.80 Å². The zero-order valence-electron chi connectivity index (χ0n) is 11.0. The lowest BCUT2D eigenvalue weighted by atomic mass is 10.1. The summed E-state index contributed by atoms with van der Waals surface area (Å²) in [5.41, 5.74) is 1.23. The quantitative estimate of drug-likeness (QED) is 0.866. The average molecular weight is 283 g/mol. The number of nitrogens with zero attached hydrogens (tertiary/aromatic N) is 2. The second-order valence-corrected chi connectivity index (χ2v) is 5.32. The van der Waals surface area contributed by atoms with Crippen molar-refractivity contribution < 1.29 is 9.90 Å². The van der Waals surface area contributed by atoms with Crippen LogP contribution in [0.4, 0.5) is 4.79 Å². The summed E-state index contributed by atoms with van der Waals surface area (Å²) in [4.78, 5) is 14.9. The van der Waals surface area contributed by atoms with Crippen LogP contribution in [0.5, 0.6) is 0 Å². The molecule has 0 bridgehead atoms. The number of alkyl halides is 1. The maximum Gasteiger partial charge on any atom is 0.407 e. The first-order valence-electron chi connectivity index (χ1n) is 6.45. The molecule has 0 aliphatic carbocycles. The van der Waals surface area contributed by atoms with Gasteiger partial charge in [-0.2, -0.15) is 0 Å². The SMILES string of the molecule is C[C@@H]1CN(Cc2ccccc2)[C@@H](CCl)CN1C(=O)O. The molecule has 0 aromatic heterocycles. The van der Waals surface area contributed by atoms with E-state index in [4.69, 9.17) is 16.7 Å². The molecule has 1 heterocycles. The smallest absolute Gasteiger partial charge is 0.407 e. The van der Waals surface area contributed by atoms with Crippen LogP contribution in [0, 0.1) is 0 Å². The highest BCUT2D eigenvalue weighted by Gasteiger charge is 2.33. The average Bonchev–Trinajstić information content (AvgIpc) is 2.39. The number of carbonyl (C=O) groups is 1. The first kappa shape index (κ1) is 14.2. The molecule has 5 heteroatoms. The Labute approximate surface area is 118 Å². The van der Waals surface area contributed by atoms with Gasteiger partial charge in [0.15, 0.2) is 0 Å². The zero-order valence-corrected chi connectivity index (χ0v) is 11.8. The van der Waals surface area contributed by atoms with Crippen LogP contribution in [0.3, 0.4) is 0 Å². The Morgan fingerprint density at radius 1 is 1.37 bits per heavy atom. The summed E-state index contributed by atoms with van der Waals surface area (Å²) in [7, 11) is 0. The van der Waals surface area contributed by atoms with Gasteiger partial charge in [-0.15, -0.1) is 11.6 Å².